The smallest absolute Gasteiger partial charge is 0.317 e. The van der Waals surface area contributed by atoms with Gasteiger partial charge in [-0.3, -0.25) is 19.2 Å². The Bertz CT molecular complexity index is 2150. The number of carbonyl (C=O) groups is 4. The predicted octanol–water partition coefficient (Wildman–Crippen LogP) is 7.94. The predicted molar refractivity (Wildman–Crippen MR) is 258 cm³/mol. The minimum absolute atomic E-state index is 0.0586. The first-order valence-electron chi connectivity index (χ1n) is 23.3. The normalized spacial score (nSPS) is 22.0. The number of hydrogen-bond acceptors (Lipinski definition) is 16. The van der Waals surface area contributed by atoms with Gasteiger partial charge in [-0.2, -0.15) is 0 Å². The molecular formula is C44H68N4O16Si4. The van der Waals surface area contributed by atoms with Crippen molar-refractivity contribution in [3.05, 3.63) is 46.5 Å². The van der Waals surface area contributed by atoms with E-state index < -0.39 is 57.9 Å². The average Bonchev–Trinajstić information content (AvgIpc) is 3.91. The Hall–Kier alpha value is -5.09. The third-order valence-corrected chi connectivity index (χ3v) is 31.2. The maximum Gasteiger partial charge on any atom is 0.317 e. The molecule has 5 heterocycles. The van der Waals surface area contributed by atoms with E-state index in [9.17, 15) is 60.0 Å². The maximum atomic E-state index is 12.5. The monoisotopic (exact) mass is 1020 g/mol. The average molecular weight is 1020 g/mol. The van der Waals surface area contributed by atoms with E-state index in [2.05, 4.69) is 0 Å². The summed E-state index contributed by atoms with van der Waals surface area (Å²) in [5.41, 5.74) is 1.45. The molecule has 0 amide bonds. The van der Waals surface area contributed by atoms with E-state index in [0.29, 0.717) is 72.1 Å². The fourth-order valence-corrected chi connectivity index (χ4v) is 32.5. The maximum absolute atomic E-state index is 12.5. The molecule has 8 N–H and O–H groups in total. The molecule has 0 unspecified atom stereocenters. The van der Waals surface area contributed by atoms with Crippen LogP contribution in [0.2, 0.25) is 50.4 Å². The van der Waals surface area contributed by atoms with Gasteiger partial charge in [-0.05, 0) is 102 Å². The molecule has 0 bridgehead atoms. The largest absolute Gasteiger partial charge is 0.494 e. The summed E-state index contributed by atoms with van der Waals surface area (Å²) in [6.45, 7) is 14.1. The Balaban J connectivity index is 1.49. The Morgan fingerprint density at radius 1 is 0.382 bits per heavy atom. The quantitative estimate of drug-likeness (QED) is 0.0390. The first kappa shape index (κ1) is 53.9. The lowest BCUT2D eigenvalue weighted by Gasteiger charge is -2.50. The SMILES string of the molecule is CCC(=O)n1c(O)cc(CCC[Si]2(C)O[Si](C)(CCCc3cc(O)n(C(=O)CC)c3O)O[Si](C)(CCCc3cc(O)n(C(=O)CC)c3O)O[Si](C)(CCCc3cc(O)n(C(=O)CC)c3O)O2)c1O. The van der Waals surface area contributed by atoms with Gasteiger partial charge < -0.3 is 57.3 Å². The number of aryl methyl sites for hydroxylation is 4. The van der Waals surface area contributed by atoms with Crippen molar-refractivity contribution >= 4 is 57.9 Å². The van der Waals surface area contributed by atoms with Crippen LogP contribution >= 0.6 is 0 Å². The van der Waals surface area contributed by atoms with E-state index in [1.165, 1.54) is 24.3 Å². The van der Waals surface area contributed by atoms with Gasteiger partial charge in [0.1, 0.15) is 0 Å². The standard InChI is InChI=1S/C44H68N4O16Si4/c1-9-33(49)45-37(53)25-29(41(45)57)17-13-21-65(5)61-66(6,22-14-18-30-26-38(54)46(42(30)58)34(50)10-2)63-68(8,24-16-20-32-28-40(56)48(44(32)60)36(52)12-4)64-67(7,62-65)23-15-19-31-27-39(55)47(43(31)59)35(51)11-3/h25-28,53-60H,9-24H2,1-8H3. The summed E-state index contributed by atoms with van der Waals surface area (Å²) in [5.74, 6) is -4.80. The lowest BCUT2D eigenvalue weighted by atomic mass is 10.2. The van der Waals surface area contributed by atoms with Gasteiger partial charge in [0.25, 0.3) is 0 Å². The molecule has 0 aliphatic carbocycles. The van der Waals surface area contributed by atoms with E-state index in [1.54, 1.807) is 27.7 Å². The Morgan fingerprint density at radius 2 is 0.559 bits per heavy atom. The molecule has 1 aliphatic rings. The Labute approximate surface area is 399 Å². The van der Waals surface area contributed by atoms with Crippen LogP contribution in [-0.4, -0.2) is 117 Å². The Morgan fingerprint density at radius 3 is 0.721 bits per heavy atom. The minimum atomic E-state index is -3.39. The molecule has 1 fully saturated rings. The number of rotatable bonds is 20. The van der Waals surface area contributed by atoms with Crippen LogP contribution in [0.15, 0.2) is 24.3 Å². The molecule has 20 nitrogen and oxygen atoms in total. The van der Waals surface area contributed by atoms with Crippen LogP contribution in [0.1, 0.15) is 120 Å². The molecular weight excluding hydrogens is 953 g/mol. The van der Waals surface area contributed by atoms with Gasteiger partial charge in [0, 0.05) is 72.2 Å². The van der Waals surface area contributed by atoms with Crippen LogP contribution in [0.4, 0.5) is 0 Å². The van der Waals surface area contributed by atoms with Crippen molar-refractivity contribution in [1.29, 1.82) is 0 Å². The van der Waals surface area contributed by atoms with Crippen LogP contribution in [0, 0.1) is 0 Å². The number of nitrogens with zero attached hydrogens (tertiary/aromatic N) is 4. The summed E-state index contributed by atoms with van der Waals surface area (Å²) < 4.78 is 32.7. The highest BCUT2D eigenvalue weighted by Crippen LogP contribution is 2.42. The second kappa shape index (κ2) is 21.7. The minimum Gasteiger partial charge on any atom is -0.494 e. The second-order valence-electron chi connectivity index (χ2n) is 18.1. The molecule has 0 aromatic carbocycles. The van der Waals surface area contributed by atoms with Crippen molar-refractivity contribution in [2.45, 2.75) is 155 Å². The number of aromatic hydroxyl groups is 8. The first-order valence-corrected chi connectivity index (χ1v) is 33.4. The zero-order valence-electron chi connectivity index (χ0n) is 40.3. The zero-order chi connectivity index (χ0) is 50.5. The summed E-state index contributed by atoms with van der Waals surface area (Å²) in [6, 6.07) is 6.87. The molecule has 1 aliphatic heterocycles. The highest BCUT2D eigenvalue weighted by Gasteiger charge is 2.56. The summed E-state index contributed by atoms with van der Waals surface area (Å²) in [6.07, 6.45) is 2.85. The van der Waals surface area contributed by atoms with Crippen LogP contribution in [-0.2, 0) is 42.1 Å². The number of hydrogen-bond donors (Lipinski definition) is 8. The van der Waals surface area contributed by atoms with Crippen molar-refractivity contribution < 1.29 is 76.5 Å². The van der Waals surface area contributed by atoms with Gasteiger partial charge in [0.05, 0.1) is 0 Å². The molecule has 24 heteroatoms. The van der Waals surface area contributed by atoms with Crippen molar-refractivity contribution in [3.8, 4) is 47.0 Å². The molecule has 4 aromatic rings. The fraction of sp³-hybridized carbons (Fsp3) is 0.545. The van der Waals surface area contributed by atoms with Gasteiger partial charge >= 0.3 is 34.2 Å². The lowest BCUT2D eigenvalue weighted by molar-refractivity contribution is 0.0880. The van der Waals surface area contributed by atoms with Crippen molar-refractivity contribution in [2.24, 2.45) is 0 Å². The molecule has 68 heavy (non-hydrogen) atoms. The number of aromatic nitrogens is 4. The molecule has 0 spiro atoms. The molecule has 0 radical (unpaired) electrons. The van der Waals surface area contributed by atoms with Gasteiger partial charge in [-0.25, -0.2) is 18.3 Å². The fourth-order valence-electron chi connectivity index (χ4n) is 9.22. The summed E-state index contributed by atoms with van der Waals surface area (Å²) in [5, 5.41) is 85.8. The van der Waals surface area contributed by atoms with Crippen LogP contribution < -0.4 is 0 Å². The highest BCUT2D eigenvalue weighted by molar-refractivity contribution is 6.93. The van der Waals surface area contributed by atoms with Crippen LogP contribution in [0.25, 0.3) is 0 Å². The molecule has 376 valence electrons. The van der Waals surface area contributed by atoms with Gasteiger partial charge in [0.2, 0.25) is 70.7 Å². The lowest BCUT2D eigenvalue weighted by Crippen LogP contribution is -2.67. The van der Waals surface area contributed by atoms with Crippen LogP contribution in [0.3, 0.4) is 0 Å². The van der Waals surface area contributed by atoms with E-state index in [4.69, 9.17) is 16.5 Å². The van der Waals surface area contributed by atoms with E-state index in [1.807, 2.05) is 26.2 Å². The molecule has 0 saturated carbocycles. The van der Waals surface area contributed by atoms with Crippen molar-refractivity contribution in [2.75, 3.05) is 0 Å². The molecule has 5 rings (SSSR count). The van der Waals surface area contributed by atoms with Gasteiger partial charge in [0.15, 0.2) is 0 Å². The third kappa shape index (κ3) is 12.0. The van der Waals surface area contributed by atoms with Crippen molar-refractivity contribution in [3.63, 3.8) is 0 Å². The van der Waals surface area contributed by atoms with E-state index >= 15 is 0 Å². The van der Waals surface area contributed by atoms with E-state index in [-0.39, 0.29) is 98.4 Å². The first-order chi connectivity index (χ1) is 31.9. The summed E-state index contributed by atoms with van der Waals surface area (Å²) in [7, 11) is -13.6. The van der Waals surface area contributed by atoms with Gasteiger partial charge in [-0.15, -0.1) is 0 Å². The number of carbonyl (C=O) groups excluding carboxylic acids is 4. The second-order valence-corrected chi connectivity index (χ2v) is 32.4. The van der Waals surface area contributed by atoms with E-state index in [0.717, 1.165) is 18.3 Å². The third-order valence-electron chi connectivity index (χ3n) is 12.4. The molecule has 1 saturated heterocycles. The van der Waals surface area contributed by atoms with Crippen molar-refractivity contribution in [1.82, 2.24) is 18.3 Å². The molecule has 0 atom stereocenters. The van der Waals surface area contributed by atoms with Crippen LogP contribution in [0.5, 0.6) is 47.0 Å². The van der Waals surface area contributed by atoms with Gasteiger partial charge in [-0.1, -0.05) is 27.7 Å². The molecule has 4 aromatic heterocycles. The Kier molecular flexibility index (Phi) is 17.2. The topological polar surface area (TPSA) is 287 Å². The highest BCUT2D eigenvalue weighted by atomic mass is 28.5. The summed E-state index contributed by atoms with van der Waals surface area (Å²) >= 11 is 0. The summed E-state index contributed by atoms with van der Waals surface area (Å²) in [4.78, 5) is 50.0. The zero-order valence-corrected chi connectivity index (χ0v) is 44.3.